The van der Waals surface area contributed by atoms with Crippen molar-refractivity contribution >= 4 is 18.0 Å². The van der Waals surface area contributed by atoms with Crippen molar-refractivity contribution in [2.75, 3.05) is 6.61 Å². The molecular formula is C25H30N2O5. The van der Waals surface area contributed by atoms with Gasteiger partial charge in [0.1, 0.15) is 18.2 Å². The predicted molar refractivity (Wildman–Crippen MR) is 121 cm³/mol. The average molecular weight is 439 g/mol. The normalized spacial score (nSPS) is 14.6. The van der Waals surface area contributed by atoms with E-state index in [9.17, 15) is 19.5 Å². The zero-order valence-corrected chi connectivity index (χ0v) is 18.8. The van der Waals surface area contributed by atoms with Crippen LogP contribution in [0.5, 0.6) is 0 Å². The van der Waals surface area contributed by atoms with Gasteiger partial charge >= 0.3 is 12.1 Å². The van der Waals surface area contributed by atoms with Crippen molar-refractivity contribution < 1.29 is 24.2 Å². The molecule has 2 unspecified atom stereocenters. The van der Waals surface area contributed by atoms with Crippen LogP contribution < -0.4 is 10.6 Å². The Hall–Kier alpha value is -3.35. The summed E-state index contributed by atoms with van der Waals surface area (Å²) >= 11 is 0. The first-order valence-corrected chi connectivity index (χ1v) is 10.8. The Balaban J connectivity index is 1.70. The van der Waals surface area contributed by atoms with Crippen molar-refractivity contribution in [2.24, 2.45) is 5.92 Å². The number of aliphatic carboxylic acids is 1. The lowest BCUT2D eigenvalue weighted by atomic mass is 9.96. The molecule has 2 aromatic rings. The SMILES string of the molecule is CCC(C)C(NC(=O)OCC1c2ccccc2-c2ccccc21)C(=O)NC(C)(C)C(=O)O. The zero-order chi connectivity index (χ0) is 23.5. The predicted octanol–water partition coefficient (Wildman–Crippen LogP) is 3.92. The largest absolute Gasteiger partial charge is 0.480 e. The number of carbonyl (C=O) groups is 3. The van der Waals surface area contributed by atoms with Gasteiger partial charge in [0.05, 0.1) is 0 Å². The molecule has 3 N–H and O–H groups in total. The van der Waals surface area contributed by atoms with E-state index in [2.05, 4.69) is 22.8 Å². The number of fused-ring (bicyclic) bond motifs is 3. The highest BCUT2D eigenvalue weighted by Gasteiger charge is 2.35. The van der Waals surface area contributed by atoms with Crippen molar-refractivity contribution in [1.29, 1.82) is 0 Å². The monoisotopic (exact) mass is 438 g/mol. The fourth-order valence-electron chi connectivity index (χ4n) is 3.91. The van der Waals surface area contributed by atoms with Crippen LogP contribution in [0.4, 0.5) is 4.79 Å². The number of carbonyl (C=O) groups excluding carboxylic acids is 2. The second kappa shape index (κ2) is 9.42. The van der Waals surface area contributed by atoms with Crippen molar-refractivity contribution in [3.8, 4) is 11.1 Å². The summed E-state index contributed by atoms with van der Waals surface area (Å²) in [7, 11) is 0. The Bertz CT molecular complexity index is 971. The van der Waals surface area contributed by atoms with Gasteiger partial charge in [0.25, 0.3) is 0 Å². The van der Waals surface area contributed by atoms with Crippen LogP contribution in [0.3, 0.4) is 0 Å². The molecule has 7 heteroatoms. The molecule has 0 bridgehead atoms. The van der Waals surface area contributed by atoms with E-state index < -0.39 is 29.6 Å². The van der Waals surface area contributed by atoms with Gasteiger partial charge in [-0.3, -0.25) is 4.79 Å². The van der Waals surface area contributed by atoms with Crippen LogP contribution in [0.15, 0.2) is 48.5 Å². The number of hydrogen-bond acceptors (Lipinski definition) is 4. The molecule has 2 aromatic carbocycles. The lowest BCUT2D eigenvalue weighted by molar-refractivity contribution is -0.146. The summed E-state index contributed by atoms with van der Waals surface area (Å²) in [4.78, 5) is 36.7. The zero-order valence-electron chi connectivity index (χ0n) is 18.8. The van der Waals surface area contributed by atoms with E-state index in [0.29, 0.717) is 6.42 Å². The van der Waals surface area contributed by atoms with E-state index >= 15 is 0 Å². The summed E-state index contributed by atoms with van der Waals surface area (Å²) in [6.07, 6.45) is -0.0876. The standard InChI is InChI=1S/C25H30N2O5/c1-5-15(2)21(22(28)27-25(3,4)23(29)30)26-24(31)32-14-20-18-12-8-6-10-16(18)17-11-7-9-13-19(17)20/h6-13,15,20-21H,5,14H2,1-4H3,(H,26,31)(H,27,28)(H,29,30). The molecule has 0 spiro atoms. The third-order valence-corrected chi connectivity index (χ3v) is 6.08. The lowest BCUT2D eigenvalue weighted by Gasteiger charge is -2.28. The molecule has 0 radical (unpaired) electrons. The van der Waals surface area contributed by atoms with Gasteiger partial charge in [-0.1, -0.05) is 68.8 Å². The summed E-state index contributed by atoms with van der Waals surface area (Å²) in [5.74, 6) is -2.01. The summed E-state index contributed by atoms with van der Waals surface area (Å²) < 4.78 is 5.55. The topological polar surface area (TPSA) is 105 Å². The van der Waals surface area contributed by atoms with Crippen LogP contribution in [0.1, 0.15) is 51.2 Å². The smallest absolute Gasteiger partial charge is 0.407 e. The van der Waals surface area contributed by atoms with Gasteiger partial charge in [-0.25, -0.2) is 9.59 Å². The molecule has 3 rings (SSSR count). The molecule has 0 heterocycles. The van der Waals surface area contributed by atoms with Gasteiger partial charge < -0.3 is 20.5 Å². The summed E-state index contributed by atoms with van der Waals surface area (Å²) in [6.45, 7) is 6.65. The van der Waals surface area contributed by atoms with Gasteiger partial charge in [-0.05, 0) is 42.0 Å². The van der Waals surface area contributed by atoms with Crippen LogP contribution in [-0.2, 0) is 14.3 Å². The third kappa shape index (κ3) is 4.77. The molecule has 1 aliphatic carbocycles. The maximum atomic E-state index is 12.7. The Morgan fingerprint density at radius 2 is 1.56 bits per heavy atom. The minimum absolute atomic E-state index is 0.0880. The van der Waals surface area contributed by atoms with Gasteiger partial charge in [0.2, 0.25) is 5.91 Å². The molecule has 0 saturated heterocycles. The molecule has 170 valence electrons. The Labute approximate surface area is 188 Å². The van der Waals surface area contributed by atoms with E-state index in [0.717, 1.165) is 22.3 Å². The first-order valence-electron chi connectivity index (χ1n) is 10.8. The van der Waals surface area contributed by atoms with Crippen LogP contribution >= 0.6 is 0 Å². The maximum absolute atomic E-state index is 12.7. The quantitative estimate of drug-likeness (QED) is 0.579. The molecular weight excluding hydrogens is 408 g/mol. The molecule has 0 saturated carbocycles. The number of ether oxygens (including phenoxy) is 1. The van der Waals surface area contributed by atoms with E-state index in [-0.39, 0.29) is 18.4 Å². The van der Waals surface area contributed by atoms with Gasteiger partial charge in [-0.15, -0.1) is 0 Å². The number of carboxylic acid groups (broad SMARTS) is 1. The molecule has 2 amide bonds. The summed E-state index contributed by atoms with van der Waals surface area (Å²) in [5, 5.41) is 14.4. The number of carboxylic acids is 1. The first kappa shape index (κ1) is 23.3. The number of hydrogen-bond donors (Lipinski definition) is 3. The van der Waals surface area contributed by atoms with E-state index in [4.69, 9.17) is 4.74 Å². The molecule has 32 heavy (non-hydrogen) atoms. The minimum atomic E-state index is -1.45. The van der Waals surface area contributed by atoms with E-state index in [1.54, 1.807) is 0 Å². The third-order valence-electron chi connectivity index (χ3n) is 6.08. The van der Waals surface area contributed by atoms with Crippen molar-refractivity contribution in [3.63, 3.8) is 0 Å². The highest BCUT2D eigenvalue weighted by Crippen LogP contribution is 2.44. The average Bonchev–Trinajstić information content (AvgIpc) is 3.09. The van der Waals surface area contributed by atoms with Crippen LogP contribution in [0, 0.1) is 5.92 Å². The fourth-order valence-corrected chi connectivity index (χ4v) is 3.91. The first-order chi connectivity index (χ1) is 15.2. The van der Waals surface area contributed by atoms with Crippen LogP contribution in [-0.4, -0.2) is 41.3 Å². The van der Waals surface area contributed by atoms with Crippen molar-refractivity contribution in [3.05, 3.63) is 59.7 Å². The lowest BCUT2D eigenvalue weighted by Crippen LogP contribution is -2.58. The number of alkyl carbamates (subject to hydrolysis) is 1. The molecule has 2 atom stereocenters. The number of amides is 2. The molecule has 0 aromatic heterocycles. The van der Waals surface area contributed by atoms with Crippen molar-refractivity contribution in [1.82, 2.24) is 10.6 Å². The van der Waals surface area contributed by atoms with Crippen molar-refractivity contribution in [2.45, 2.75) is 51.6 Å². The summed E-state index contributed by atoms with van der Waals surface area (Å²) in [5.41, 5.74) is 3.00. The molecule has 1 aliphatic rings. The second-order valence-corrected chi connectivity index (χ2v) is 8.75. The minimum Gasteiger partial charge on any atom is -0.480 e. The Morgan fingerprint density at radius 3 is 2.06 bits per heavy atom. The highest BCUT2D eigenvalue weighted by molar-refractivity contribution is 5.91. The van der Waals surface area contributed by atoms with Gasteiger partial charge in [0.15, 0.2) is 0 Å². The Kier molecular flexibility index (Phi) is 6.87. The number of benzene rings is 2. The molecule has 0 fully saturated rings. The van der Waals surface area contributed by atoms with E-state index in [1.165, 1.54) is 13.8 Å². The van der Waals surface area contributed by atoms with Gasteiger partial charge in [-0.2, -0.15) is 0 Å². The summed E-state index contributed by atoms with van der Waals surface area (Å²) in [6, 6.07) is 15.2. The molecule has 0 aliphatic heterocycles. The highest BCUT2D eigenvalue weighted by atomic mass is 16.5. The molecule has 7 nitrogen and oxygen atoms in total. The van der Waals surface area contributed by atoms with Crippen LogP contribution in [0.2, 0.25) is 0 Å². The second-order valence-electron chi connectivity index (χ2n) is 8.75. The number of nitrogens with one attached hydrogen (secondary N) is 2. The maximum Gasteiger partial charge on any atom is 0.407 e. The van der Waals surface area contributed by atoms with Crippen LogP contribution in [0.25, 0.3) is 11.1 Å². The fraction of sp³-hybridized carbons (Fsp3) is 0.400. The van der Waals surface area contributed by atoms with Gasteiger partial charge in [0, 0.05) is 5.92 Å². The Morgan fingerprint density at radius 1 is 1.03 bits per heavy atom. The number of rotatable bonds is 8. The van der Waals surface area contributed by atoms with E-state index in [1.807, 2.05) is 50.2 Å².